The molecule has 0 amide bonds. The number of phenols is 1. The highest BCUT2D eigenvalue weighted by Crippen LogP contribution is 2.14. The third-order valence-corrected chi connectivity index (χ3v) is 2.20. The monoisotopic (exact) mass is 259 g/mol. The van der Waals surface area contributed by atoms with E-state index in [1.54, 1.807) is 36.7 Å². The van der Waals surface area contributed by atoms with Gasteiger partial charge in [0.15, 0.2) is 5.78 Å². The van der Waals surface area contributed by atoms with Crippen LogP contribution in [0.5, 0.6) is 5.75 Å². The molecule has 0 bridgehead atoms. The maximum atomic E-state index is 10.6. The average molecular weight is 259 g/mol. The number of ketones is 1. The Labute approximate surface area is 110 Å². The first-order valence-corrected chi connectivity index (χ1v) is 5.44. The van der Waals surface area contributed by atoms with Crippen LogP contribution in [0.3, 0.4) is 0 Å². The molecule has 0 aliphatic heterocycles. The zero-order valence-corrected chi connectivity index (χ0v) is 10.3. The number of nitrogens with zero attached hydrogens (tertiary/aromatic N) is 1. The fraction of sp³-hybridized carbons (Fsp3) is 0.0714. The van der Waals surface area contributed by atoms with Crippen molar-refractivity contribution in [3.8, 4) is 5.75 Å². The quantitative estimate of drug-likeness (QED) is 0.808. The molecule has 0 radical (unpaired) electrons. The molecule has 0 atom stereocenters. The lowest BCUT2D eigenvalue weighted by Gasteiger charge is -1.95. The second-order valence-corrected chi connectivity index (χ2v) is 3.62. The third kappa shape index (κ3) is 4.59. The van der Waals surface area contributed by atoms with Gasteiger partial charge in [-0.05, 0) is 31.2 Å². The van der Waals surface area contributed by atoms with Gasteiger partial charge in [-0.3, -0.25) is 9.78 Å². The number of carbonyl (C=O) groups is 2. The Bertz CT molecular complexity index is 567. The summed E-state index contributed by atoms with van der Waals surface area (Å²) in [5.41, 5.74) is 0.597. The van der Waals surface area contributed by atoms with Gasteiger partial charge in [-0.15, -0.1) is 0 Å². The molecule has 0 saturated heterocycles. The van der Waals surface area contributed by atoms with Gasteiger partial charge < -0.3 is 10.2 Å². The number of carboxylic acid groups (broad SMARTS) is 1. The molecule has 19 heavy (non-hydrogen) atoms. The number of pyridine rings is 1. The van der Waals surface area contributed by atoms with E-state index >= 15 is 0 Å². The maximum absolute atomic E-state index is 10.6. The number of aromatic hydroxyl groups is 1. The molecule has 98 valence electrons. The summed E-state index contributed by atoms with van der Waals surface area (Å²) in [6.45, 7) is 1.52. The van der Waals surface area contributed by atoms with Crippen molar-refractivity contribution in [2.45, 2.75) is 6.92 Å². The number of benzene rings is 1. The summed E-state index contributed by atoms with van der Waals surface area (Å²) >= 11 is 0. The Balaban J connectivity index is 0.000000191. The standard InChI is InChI=1S/C7H7NO.C7H6O3/c1-6(9)7-3-2-4-8-5-7;8-6-4-2-1-3-5(6)7(9)10/h2-5H,1H3;1-4,8H,(H,9,10). The zero-order chi connectivity index (χ0) is 14.3. The van der Waals surface area contributed by atoms with Gasteiger partial charge in [0.25, 0.3) is 0 Å². The fourth-order valence-electron chi connectivity index (χ4n) is 1.23. The minimum atomic E-state index is -1.11. The average Bonchev–Trinajstić information content (AvgIpc) is 2.40. The van der Waals surface area contributed by atoms with Crippen molar-refractivity contribution in [2.24, 2.45) is 0 Å². The van der Waals surface area contributed by atoms with E-state index in [1.165, 1.54) is 19.1 Å². The summed E-state index contributed by atoms with van der Waals surface area (Å²) in [6, 6.07) is 9.30. The number of para-hydroxylation sites is 1. The van der Waals surface area contributed by atoms with Gasteiger partial charge in [0.05, 0.1) is 0 Å². The van der Waals surface area contributed by atoms with Crippen molar-refractivity contribution >= 4 is 11.8 Å². The van der Waals surface area contributed by atoms with E-state index in [9.17, 15) is 9.59 Å². The highest BCUT2D eigenvalue weighted by atomic mass is 16.4. The van der Waals surface area contributed by atoms with Gasteiger partial charge in [0.2, 0.25) is 0 Å². The smallest absolute Gasteiger partial charge is 0.339 e. The first kappa shape index (κ1) is 14.4. The Morgan fingerprint density at radius 2 is 1.79 bits per heavy atom. The van der Waals surface area contributed by atoms with Gasteiger partial charge >= 0.3 is 5.97 Å². The number of aromatic carboxylic acids is 1. The molecular formula is C14H13NO4. The Morgan fingerprint density at radius 1 is 1.11 bits per heavy atom. The van der Waals surface area contributed by atoms with Crippen molar-refractivity contribution in [3.63, 3.8) is 0 Å². The Hall–Kier alpha value is -2.69. The molecule has 5 nitrogen and oxygen atoms in total. The van der Waals surface area contributed by atoms with Crippen LogP contribution in [0.25, 0.3) is 0 Å². The summed E-state index contributed by atoms with van der Waals surface area (Å²) in [7, 11) is 0. The maximum Gasteiger partial charge on any atom is 0.339 e. The minimum absolute atomic E-state index is 0.0584. The van der Waals surface area contributed by atoms with Crippen LogP contribution >= 0.6 is 0 Å². The Morgan fingerprint density at radius 3 is 2.16 bits per heavy atom. The summed E-state index contributed by atoms with van der Waals surface area (Å²) in [5, 5.41) is 17.3. The molecule has 0 fully saturated rings. The lowest BCUT2D eigenvalue weighted by Crippen LogP contribution is -1.95. The van der Waals surface area contributed by atoms with E-state index in [-0.39, 0.29) is 17.1 Å². The molecule has 2 rings (SSSR count). The number of carbonyl (C=O) groups excluding carboxylic acids is 1. The zero-order valence-electron chi connectivity index (χ0n) is 10.3. The third-order valence-electron chi connectivity index (χ3n) is 2.20. The highest BCUT2D eigenvalue weighted by Gasteiger charge is 2.05. The van der Waals surface area contributed by atoms with Crippen LogP contribution in [0.15, 0.2) is 48.8 Å². The second-order valence-electron chi connectivity index (χ2n) is 3.62. The number of rotatable bonds is 2. The molecule has 0 aliphatic carbocycles. The second kappa shape index (κ2) is 6.90. The van der Waals surface area contributed by atoms with Crippen LogP contribution in [0.2, 0.25) is 0 Å². The van der Waals surface area contributed by atoms with Crippen molar-refractivity contribution in [1.82, 2.24) is 4.98 Å². The van der Waals surface area contributed by atoms with E-state index in [0.29, 0.717) is 5.56 Å². The summed E-state index contributed by atoms with van der Waals surface area (Å²) < 4.78 is 0. The van der Waals surface area contributed by atoms with Crippen LogP contribution in [-0.4, -0.2) is 26.9 Å². The van der Waals surface area contributed by atoms with Crippen molar-refractivity contribution in [2.75, 3.05) is 0 Å². The normalized spacial score (nSPS) is 9.11. The Kier molecular flexibility index (Phi) is 5.22. The topological polar surface area (TPSA) is 87.5 Å². The summed E-state index contributed by atoms with van der Waals surface area (Å²) in [5.74, 6) is -1.25. The number of Topliss-reactive ketones (excluding diaryl/α,β-unsaturated/α-hetero) is 1. The predicted molar refractivity (Wildman–Crippen MR) is 69.3 cm³/mol. The van der Waals surface area contributed by atoms with E-state index in [0.717, 1.165) is 0 Å². The van der Waals surface area contributed by atoms with Crippen molar-refractivity contribution < 1.29 is 19.8 Å². The van der Waals surface area contributed by atoms with E-state index in [4.69, 9.17) is 10.2 Å². The van der Waals surface area contributed by atoms with Crippen molar-refractivity contribution in [3.05, 3.63) is 59.9 Å². The highest BCUT2D eigenvalue weighted by molar-refractivity contribution is 5.93. The first-order chi connectivity index (χ1) is 9.02. The molecule has 1 aromatic heterocycles. The molecule has 2 aromatic rings. The van der Waals surface area contributed by atoms with Gasteiger partial charge in [-0.25, -0.2) is 4.79 Å². The number of carboxylic acids is 1. The molecule has 1 heterocycles. The van der Waals surface area contributed by atoms with E-state index in [2.05, 4.69) is 4.98 Å². The summed E-state index contributed by atoms with van der Waals surface area (Å²) in [6.07, 6.45) is 3.20. The molecule has 0 spiro atoms. The molecule has 0 saturated carbocycles. The van der Waals surface area contributed by atoms with Gasteiger partial charge in [-0.1, -0.05) is 12.1 Å². The van der Waals surface area contributed by atoms with Gasteiger partial charge in [0, 0.05) is 18.0 Å². The first-order valence-electron chi connectivity index (χ1n) is 5.44. The van der Waals surface area contributed by atoms with E-state index < -0.39 is 5.97 Å². The minimum Gasteiger partial charge on any atom is -0.507 e. The lowest BCUT2D eigenvalue weighted by atomic mass is 10.2. The predicted octanol–water partition coefficient (Wildman–Crippen LogP) is 2.37. The lowest BCUT2D eigenvalue weighted by molar-refractivity contribution is 0.0693. The SMILES string of the molecule is CC(=O)c1cccnc1.O=C(O)c1ccccc1O. The number of hydrogen-bond acceptors (Lipinski definition) is 4. The molecule has 2 N–H and O–H groups in total. The van der Waals surface area contributed by atoms with E-state index in [1.807, 2.05) is 0 Å². The van der Waals surface area contributed by atoms with Crippen LogP contribution in [0.1, 0.15) is 27.6 Å². The molecule has 0 aliphatic rings. The van der Waals surface area contributed by atoms with Crippen LogP contribution < -0.4 is 0 Å². The molecule has 0 unspecified atom stereocenters. The molecule has 5 heteroatoms. The largest absolute Gasteiger partial charge is 0.507 e. The molecular weight excluding hydrogens is 246 g/mol. The van der Waals surface area contributed by atoms with Crippen LogP contribution in [-0.2, 0) is 0 Å². The van der Waals surface area contributed by atoms with Crippen LogP contribution in [0.4, 0.5) is 0 Å². The van der Waals surface area contributed by atoms with Gasteiger partial charge in [-0.2, -0.15) is 0 Å². The van der Waals surface area contributed by atoms with Gasteiger partial charge in [0.1, 0.15) is 11.3 Å². The number of hydrogen-bond donors (Lipinski definition) is 2. The molecule has 1 aromatic carbocycles. The van der Waals surface area contributed by atoms with Crippen molar-refractivity contribution in [1.29, 1.82) is 0 Å². The fourth-order valence-corrected chi connectivity index (χ4v) is 1.23. The van der Waals surface area contributed by atoms with Crippen LogP contribution in [0, 0.1) is 0 Å². The summed E-state index contributed by atoms with van der Waals surface area (Å²) in [4.78, 5) is 24.7. The number of aromatic nitrogens is 1.